The van der Waals surface area contributed by atoms with E-state index in [1.165, 1.54) is 0 Å². The molecule has 2 amide bonds. The molecule has 0 radical (unpaired) electrons. The molecule has 3 N–H and O–H groups in total. The van der Waals surface area contributed by atoms with Crippen molar-refractivity contribution in [3.05, 3.63) is 0 Å². The van der Waals surface area contributed by atoms with Gasteiger partial charge in [-0.1, -0.05) is 0 Å². The minimum absolute atomic E-state index is 0.0183. The summed E-state index contributed by atoms with van der Waals surface area (Å²) in [5.74, 6) is 0.0993. The van der Waals surface area contributed by atoms with Crippen LogP contribution in [-0.2, 0) is 9.59 Å². The highest BCUT2D eigenvalue weighted by atomic mass is 16.2. The van der Waals surface area contributed by atoms with E-state index in [0.717, 1.165) is 0 Å². The summed E-state index contributed by atoms with van der Waals surface area (Å²) in [5.41, 5.74) is 0. The minimum Gasteiger partial charge on any atom is -0.359 e. The third-order valence-electron chi connectivity index (χ3n) is 2.04. The van der Waals surface area contributed by atoms with Gasteiger partial charge in [0.1, 0.15) is 0 Å². The van der Waals surface area contributed by atoms with E-state index in [1.807, 2.05) is 0 Å². The lowest BCUT2D eigenvalue weighted by atomic mass is 10.2. The topological polar surface area (TPSA) is 70.2 Å². The molecule has 5 nitrogen and oxygen atoms in total. The first-order valence-corrected chi connectivity index (χ1v) is 4.43. The van der Waals surface area contributed by atoms with Crippen molar-refractivity contribution in [2.24, 2.45) is 0 Å². The Balaban J connectivity index is 2.06. The second-order valence-corrected chi connectivity index (χ2v) is 3.08. The molecule has 0 aromatic rings. The molecule has 1 atom stereocenters. The highest BCUT2D eigenvalue weighted by Gasteiger charge is 2.20. The Kier molecular flexibility index (Phi) is 3.70. The molecular formula is C8H15N3O2. The Morgan fingerprint density at radius 2 is 2.46 bits per heavy atom. The zero-order valence-corrected chi connectivity index (χ0v) is 7.72. The molecule has 0 aromatic carbocycles. The highest BCUT2D eigenvalue weighted by molar-refractivity contribution is 5.79. The SMILES string of the molecule is CNC(=O)CCNC1CNC(=O)C1. The second kappa shape index (κ2) is 4.81. The number of hydrogen-bond donors (Lipinski definition) is 3. The maximum atomic E-state index is 10.8. The van der Waals surface area contributed by atoms with Gasteiger partial charge in [0, 0.05) is 39.0 Å². The predicted octanol–water partition coefficient (Wildman–Crippen LogP) is -1.40. The van der Waals surface area contributed by atoms with Crippen LogP contribution in [0.25, 0.3) is 0 Å². The molecule has 1 fully saturated rings. The Bertz CT molecular complexity index is 206. The van der Waals surface area contributed by atoms with E-state index in [0.29, 0.717) is 25.9 Å². The van der Waals surface area contributed by atoms with Gasteiger partial charge in [-0.15, -0.1) is 0 Å². The first-order chi connectivity index (χ1) is 6.22. The zero-order valence-electron chi connectivity index (χ0n) is 7.72. The smallest absolute Gasteiger partial charge is 0.221 e. The van der Waals surface area contributed by atoms with Crippen molar-refractivity contribution in [2.75, 3.05) is 20.1 Å². The molecule has 1 heterocycles. The van der Waals surface area contributed by atoms with Gasteiger partial charge >= 0.3 is 0 Å². The van der Waals surface area contributed by atoms with Crippen LogP contribution in [0.1, 0.15) is 12.8 Å². The molecule has 74 valence electrons. The van der Waals surface area contributed by atoms with Crippen molar-refractivity contribution in [3.8, 4) is 0 Å². The van der Waals surface area contributed by atoms with E-state index < -0.39 is 0 Å². The van der Waals surface area contributed by atoms with Crippen LogP contribution in [0.4, 0.5) is 0 Å². The third kappa shape index (κ3) is 3.42. The zero-order chi connectivity index (χ0) is 9.68. The fourth-order valence-electron chi connectivity index (χ4n) is 1.26. The van der Waals surface area contributed by atoms with Crippen molar-refractivity contribution in [1.82, 2.24) is 16.0 Å². The van der Waals surface area contributed by atoms with Crippen LogP contribution in [0.15, 0.2) is 0 Å². The molecule has 5 heteroatoms. The summed E-state index contributed by atoms with van der Waals surface area (Å²) in [6.07, 6.45) is 0.981. The van der Waals surface area contributed by atoms with Gasteiger partial charge in [0.15, 0.2) is 0 Å². The molecule has 1 aliphatic rings. The molecule has 0 aliphatic carbocycles. The first kappa shape index (κ1) is 9.98. The molecule has 0 spiro atoms. The van der Waals surface area contributed by atoms with Crippen LogP contribution < -0.4 is 16.0 Å². The van der Waals surface area contributed by atoms with Crippen LogP contribution in [0.3, 0.4) is 0 Å². The van der Waals surface area contributed by atoms with Crippen LogP contribution in [0, 0.1) is 0 Å². The molecule has 1 rings (SSSR count). The Labute approximate surface area is 77.3 Å². The van der Waals surface area contributed by atoms with Crippen molar-refractivity contribution in [2.45, 2.75) is 18.9 Å². The molecule has 1 aliphatic heterocycles. The van der Waals surface area contributed by atoms with Crippen LogP contribution >= 0.6 is 0 Å². The monoisotopic (exact) mass is 185 g/mol. The van der Waals surface area contributed by atoms with Crippen LogP contribution in [0.5, 0.6) is 0 Å². The van der Waals surface area contributed by atoms with Gasteiger partial charge in [0.25, 0.3) is 0 Å². The summed E-state index contributed by atoms with van der Waals surface area (Å²) in [6.45, 7) is 1.30. The van der Waals surface area contributed by atoms with E-state index in [-0.39, 0.29) is 17.9 Å². The number of amides is 2. The molecule has 1 saturated heterocycles. The Morgan fingerprint density at radius 1 is 1.69 bits per heavy atom. The summed E-state index contributed by atoms with van der Waals surface area (Å²) >= 11 is 0. The largest absolute Gasteiger partial charge is 0.359 e. The molecular weight excluding hydrogens is 170 g/mol. The standard InChI is InChI=1S/C8H15N3O2/c1-9-7(12)2-3-10-6-4-8(13)11-5-6/h6,10H,2-5H2,1H3,(H,9,12)(H,11,13). The molecule has 0 bridgehead atoms. The highest BCUT2D eigenvalue weighted by Crippen LogP contribution is 1.98. The average Bonchev–Trinajstić information content (AvgIpc) is 2.51. The van der Waals surface area contributed by atoms with E-state index in [1.54, 1.807) is 7.05 Å². The number of carbonyl (C=O) groups excluding carboxylic acids is 2. The van der Waals surface area contributed by atoms with Gasteiger partial charge in [-0.2, -0.15) is 0 Å². The number of hydrogen-bond acceptors (Lipinski definition) is 3. The van der Waals surface area contributed by atoms with Crippen LogP contribution in [0.2, 0.25) is 0 Å². The molecule has 1 unspecified atom stereocenters. The minimum atomic E-state index is 0.0183. The van der Waals surface area contributed by atoms with E-state index >= 15 is 0 Å². The Hall–Kier alpha value is -1.10. The van der Waals surface area contributed by atoms with Gasteiger partial charge < -0.3 is 16.0 Å². The van der Waals surface area contributed by atoms with E-state index in [9.17, 15) is 9.59 Å². The lowest BCUT2D eigenvalue weighted by molar-refractivity contribution is -0.120. The third-order valence-corrected chi connectivity index (χ3v) is 2.04. The number of rotatable bonds is 4. The quantitative estimate of drug-likeness (QED) is 0.504. The lowest BCUT2D eigenvalue weighted by Gasteiger charge is -2.08. The molecule has 13 heavy (non-hydrogen) atoms. The number of carbonyl (C=O) groups is 2. The van der Waals surface area contributed by atoms with Gasteiger partial charge in [-0.05, 0) is 0 Å². The van der Waals surface area contributed by atoms with Crippen molar-refractivity contribution < 1.29 is 9.59 Å². The fraction of sp³-hybridized carbons (Fsp3) is 0.750. The van der Waals surface area contributed by atoms with Crippen molar-refractivity contribution in [3.63, 3.8) is 0 Å². The number of nitrogens with one attached hydrogen (secondary N) is 3. The summed E-state index contributed by atoms with van der Waals surface area (Å²) in [7, 11) is 1.61. The van der Waals surface area contributed by atoms with Gasteiger partial charge in [0.05, 0.1) is 0 Å². The average molecular weight is 185 g/mol. The Morgan fingerprint density at radius 3 is 3.00 bits per heavy atom. The second-order valence-electron chi connectivity index (χ2n) is 3.08. The lowest BCUT2D eigenvalue weighted by Crippen LogP contribution is -2.34. The summed E-state index contributed by atoms with van der Waals surface area (Å²) in [4.78, 5) is 21.6. The van der Waals surface area contributed by atoms with Gasteiger partial charge in [-0.3, -0.25) is 9.59 Å². The molecule has 0 aromatic heterocycles. The summed E-state index contributed by atoms with van der Waals surface area (Å²) < 4.78 is 0. The van der Waals surface area contributed by atoms with Gasteiger partial charge in [0.2, 0.25) is 11.8 Å². The summed E-state index contributed by atoms with van der Waals surface area (Å²) in [5, 5.41) is 8.39. The summed E-state index contributed by atoms with van der Waals surface area (Å²) in [6, 6.07) is 0.192. The maximum absolute atomic E-state index is 10.8. The normalized spacial score (nSPS) is 21.3. The van der Waals surface area contributed by atoms with Crippen LogP contribution in [-0.4, -0.2) is 38.0 Å². The van der Waals surface area contributed by atoms with Gasteiger partial charge in [-0.25, -0.2) is 0 Å². The van der Waals surface area contributed by atoms with E-state index in [4.69, 9.17) is 0 Å². The predicted molar refractivity (Wildman–Crippen MR) is 48.1 cm³/mol. The van der Waals surface area contributed by atoms with Crippen molar-refractivity contribution in [1.29, 1.82) is 0 Å². The molecule has 0 saturated carbocycles. The van der Waals surface area contributed by atoms with Crippen molar-refractivity contribution >= 4 is 11.8 Å². The maximum Gasteiger partial charge on any atom is 0.221 e. The van der Waals surface area contributed by atoms with E-state index in [2.05, 4.69) is 16.0 Å². The fourth-order valence-corrected chi connectivity index (χ4v) is 1.26. The first-order valence-electron chi connectivity index (χ1n) is 4.43.